The van der Waals surface area contributed by atoms with Crippen LogP contribution in [0.5, 0.6) is 0 Å². The van der Waals surface area contributed by atoms with Crippen LogP contribution in [-0.2, 0) is 31.4 Å². The van der Waals surface area contributed by atoms with Crippen molar-refractivity contribution < 1.29 is 30.0 Å². The lowest BCUT2D eigenvalue weighted by molar-refractivity contribution is 0.308. The van der Waals surface area contributed by atoms with Crippen LogP contribution in [0.3, 0.4) is 0 Å². The summed E-state index contributed by atoms with van der Waals surface area (Å²) in [5.41, 5.74) is -0.290. The van der Waals surface area contributed by atoms with Gasteiger partial charge in [0.15, 0.2) is 9.84 Å². The van der Waals surface area contributed by atoms with Crippen LogP contribution in [0, 0.1) is 11.6 Å². The Bertz CT molecular complexity index is 965. The van der Waals surface area contributed by atoms with Gasteiger partial charge in [0, 0.05) is 18.7 Å². The smallest absolute Gasteiger partial charge is 0.218 e. The lowest BCUT2D eigenvalue weighted by atomic mass is 10.2. The van der Waals surface area contributed by atoms with Crippen molar-refractivity contribution in [3.8, 4) is 0 Å². The summed E-state index contributed by atoms with van der Waals surface area (Å²) in [7, 11) is -7.49. The highest BCUT2D eigenvalue weighted by atomic mass is 32.2. The Morgan fingerprint density at radius 3 is 2.44 bits per heavy atom. The minimum absolute atomic E-state index is 0.206. The molecule has 0 amide bonds. The zero-order valence-corrected chi connectivity index (χ0v) is 14.6. The van der Waals surface area contributed by atoms with E-state index in [0.717, 1.165) is 22.5 Å². The molecule has 0 bridgehead atoms. The number of furan rings is 1. The van der Waals surface area contributed by atoms with Crippen LogP contribution in [0.15, 0.2) is 41.0 Å². The van der Waals surface area contributed by atoms with Gasteiger partial charge in [-0.15, -0.1) is 0 Å². The fraction of sp³-hybridized carbons (Fsp3) is 0.333. The second-order valence-corrected chi connectivity index (χ2v) is 10.1. The van der Waals surface area contributed by atoms with Crippen LogP contribution >= 0.6 is 0 Å². The lowest BCUT2D eigenvalue weighted by Crippen LogP contribution is -2.57. The average Bonchev–Trinajstić information content (AvgIpc) is 2.92. The van der Waals surface area contributed by atoms with Gasteiger partial charge in [0.25, 0.3) is 0 Å². The van der Waals surface area contributed by atoms with Crippen LogP contribution in [-0.4, -0.2) is 39.5 Å². The second kappa shape index (κ2) is 6.50. The Hall–Kier alpha value is -1.78. The topological polar surface area (TPSA) is 84.7 Å². The third-order valence-corrected chi connectivity index (χ3v) is 7.75. The molecule has 0 spiro atoms. The SMILES string of the molecule is O=S(=O)(Cc1ccco1)C1CN(S(=O)(=O)Cc2cc(F)ccc2F)C1. The molecule has 1 aromatic heterocycles. The van der Waals surface area contributed by atoms with Gasteiger partial charge in [-0.25, -0.2) is 25.6 Å². The summed E-state index contributed by atoms with van der Waals surface area (Å²) in [4.78, 5) is 0. The number of hydrogen-bond donors (Lipinski definition) is 0. The molecule has 1 aliphatic rings. The summed E-state index contributed by atoms with van der Waals surface area (Å²) < 4.78 is 81.7. The van der Waals surface area contributed by atoms with E-state index in [9.17, 15) is 25.6 Å². The summed E-state index contributed by atoms with van der Waals surface area (Å²) in [6.07, 6.45) is 1.36. The molecule has 136 valence electrons. The number of rotatable bonds is 6. The fourth-order valence-electron chi connectivity index (χ4n) is 2.51. The Labute approximate surface area is 144 Å². The third-order valence-electron chi connectivity index (χ3n) is 3.99. The van der Waals surface area contributed by atoms with Gasteiger partial charge in [0.2, 0.25) is 10.0 Å². The van der Waals surface area contributed by atoms with E-state index in [4.69, 9.17) is 4.42 Å². The molecule has 3 rings (SSSR count). The first-order chi connectivity index (χ1) is 11.7. The Morgan fingerprint density at radius 2 is 1.80 bits per heavy atom. The highest BCUT2D eigenvalue weighted by Crippen LogP contribution is 2.25. The average molecular weight is 391 g/mol. The molecule has 25 heavy (non-hydrogen) atoms. The van der Waals surface area contributed by atoms with Gasteiger partial charge in [-0.2, -0.15) is 4.31 Å². The maximum absolute atomic E-state index is 13.6. The van der Waals surface area contributed by atoms with Crippen LogP contribution in [0.1, 0.15) is 11.3 Å². The van der Waals surface area contributed by atoms with Gasteiger partial charge in [0.1, 0.15) is 23.1 Å². The van der Waals surface area contributed by atoms with Crippen LogP contribution < -0.4 is 0 Å². The Kier molecular flexibility index (Phi) is 4.69. The number of nitrogens with zero attached hydrogens (tertiary/aromatic N) is 1. The summed E-state index contributed by atoms with van der Waals surface area (Å²) in [6.45, 7) is -0.412. The molecule has 0 saturated carbocycles. The lowest BCUT2D eigenvalue weighted by Gasteiger charge is -2.37. The maximum Gasteiger partial charge on any atom is 0.218 e. The molecule has 10 heteroatoms. The molecule has 2 aromatic rings. The van der Waals surface area contributed by atoms with Crippen LogP contribution in [0.25, 0.3) is 0 Å². The monoisotopic (exact) mass is 391 g/mol. The Morgan fingerprint density at radius 1 is 1.08 bits per heavy atom. The summed E-state index contributed by atoms with van der Waals surface area (Å²) in [5.74, 6) is -2.32. The summed E-state index contributed by atoms with van der Waals surface area (Å²) >= 11 is 0. The van der Waals surface area contributed by atoms with Crippen molar-refractivity contribution in [2.75, 3.05) is 13.1 Å². The molecule has 1 aromatic carbocycles. The van der Waals surface area contributed by atoms with Gasteiger partial charge in [0.05, 0.1) is 17.3 Å². The van der Waals surface area contributed by atoms with E-state index >= 15 is 0 Å². The molecular formula is C15H15F2NO5S2. The van der Waals surface area contributed by atoms with Crippen molar-refractivity contribution >= 4 is 19.9 Å². The first-order valence-electron chi connectivity index (χ1n) is 7.33. The van der Waals surface area contributed by atoms with Gasteiger partial charge in [-0.3, -0.25) is 0 Å². The summed E-state index contributed by atoms with van der Waals surface area (Å²) in [6, 6.07) is 5.66. The van der Waals surface area contributed by atoms with Crippen molar-refractivity contribution in [3.05, 3.63) is 59.6 Å². The van der Waals surface area contributed by atoms with Crippen molar-refractivity contribution in [1.29, 1.82) is 0 Å². The molecule has 1 fully saturated rings. The minimum atomic E-state index is -3.93. The van der Waals surface area contributed by atoms with E-state index in [0.29, 0.717) is 0 Å². The highest BCUT2D eigenvalue weighted by molar-refractivity contribution is 7.92. The van der Waals surface area contributed by atoms with E-state index in [1.54, 1.807) is 6.07 Å². The van der Waals surface area contributed by atoms with E-state index < -0.39 is 42.5 Å². The van der Waals surface area contributed by atoms with Gasteiger partial charge in [-0.1, -0.05) is 0 Å². The standard InChI is InChI=1S/C15H15F2NO5S2/c16-12-3-4-15(17)11(6-12)9-25(21,22)18-7-14(8-18)24(19,20)10-13-2-1-5-23-13/h1-6,14H,7-10H2. The molecule has 1 saturated heterocycles. The Balaban J connectivity index is 1.66. The molecule has 0 N–H and O–H groups in total. The molecule has 0 unspecified atom stereocenters. The van der Waals surface area contributed by atoms with E-state index in [1.807, 2.05) is 0 Å². The maximum atomic E-state index is 13.6. The fourth-order valence-corrected chi connectivity index (χ4v) is 5.92. The molecule has 1 aliphatic heterocycles. The quantitative estimate of drug-likeness (QED) is 0.748. The predicted octanol–water partition coefficient (Wildman–Crippen LogP) is 1.69. The molecular weight excluding hydrogens is 376 g/mol. The van der Waals surface area contributed by atoms with E-state index in [-0.39, 0.29) is 30.2 Å². The number of halogens is 2. The predicted molar refractivity (Wildman–Crippen MR) is 85.7 cm³/mol. The molecule has 0 radical (unpaired) electrons. The second-order valence-electron chi connectivity index (χ2n) is 5.82. The minimum Gasteiger partial charge on any atom is -0.468 e. The number of hydrogen-bond acceptors (Lipinski definition) is 5. The van der Waals surface area contributed by atoms with Crippen molar-refractivity contribution in [2.45, 2.75) is 16.8 Å². The van der Waals surface area contributed by atoms with Gasteiger partial charge < -0.3 is 4.42 Å². The molecule has 6 nitrogen and oxygen atoms in total. The first-order valence-corrected chi connectivity index (χ1v) is 10.7. The largest absolute Gasteiger partial charge is 0.468 e. The zero-order chi connectivity index (χ0) is 18.2. The van der Waals surface area contributed by atoms with Crippen LogP contribution in [0.4, 0.5) is 8.78 Å². The molecule has 0 atom stereocenters. The first kappa shape index (κ1) is 18.0. The van der Waals surface area contributed by atoms with Crippen molar-refractivity contribution in [1.82, 2.24) is 4.31 Å². The summed E-state index contributed by atoms with van der Waals surface area (Å²) in [5, 5.41) is -0.843. The number of sulfone groups is 1. The van der Waals surface area contributed by atoms with E-state index in [1.165, 1.54) is 12.3 Å². The van der Waals surface area contributed by atoms with Gasteiger partial charge in [-0.05, 0) is 30.3 Å². The zero-order valence-electron chi connectivity index (χ0n) is 12.9. The van der Waals surface area contributed by atoms with Crippen molar-refractivity contribution in [2.24, 2.45) is 0 Å². The molecule has 2 heterocycles. The number of sulfonamides is 1. The third kappa shape index (κ3) is 3.91. The van der Waals surface area contributed by atoms with E-state index in [2.05, 4.69) is 0 Å². The normalized spacial score (nSPS) is 16.7. The van der Waals surface area contributed by atoms with Crippen molar-refractivity contribution in [3.63, 3.8) is 0 Å². The number of benzene rings is 1. The van der Waals surface area contributed by atoms with Crippen LogP contribution in [0.2, 0.25) is 0 Å². The van der Waals surface area contributed by atoms with Gasteiger partial charge >= 0.3 is 0 Å². The highest BCUT2D eigenvalue weighted by Gasteiger charge is 2.43. The molecule has 0 aliphatic carbocycles.